The van der Waals surface area contributed by atoms with Crippen molar-refractivity contribution in [2.75, 3.05) is 19.8 Å². The Hall–Kier alpha value is -0.690. The molecule has 1 unspecified atom stereocenters. The zero-order chi connectivity index (χ0) is 11.2. The molecule has 0 radical (unpaired) electrons. The molecule has 6 nitrogen and oxygen atoms in total. The first kappa shape index (κ1) is 13.3. The maximum Gasteiger partial charge on any atom is 0.306 e. The van der Waals surface area contributed by atoms with Gasteiger partial charge in [0.15, 0.2) is 0 Å². The van der Waals surface area contributed by atoms with Crippen molar-refractivity contribution in [3.8, 4) is 0 Å². The van der Waals surface area contributed by atoms with Gasteiger partial charge in [0, 0.05) is 6.54 Å². The molecule has 0 fully saturated rings. The summed E-state index contributed by atoms with van der Waals surface area (Å²) >= 11 is 0. The molecule has 0 aromatic rings. The van der Waals surface area contributed by atoms with E-state index in [9.17, 15) is 4.79 Å². The summed E-state index contributed by atoms with van der Waals surface area (Å²) in [7, 11) is 0. The number of aliphatic carboxylic acids is 1. The third-order valence-electron chi connectivity index (χ3n) is 1.87. The summed E-state index contributed by atoms with van der Waals surface area (Å²) < 4.78 is 0. The van der Waals surface area contributed by atoms with E-state index in [1.807, 2.05) is 0 Å². The highest BCUT2D eigenvalue weighted by Gasteiger charge is 2.22. The van der Waals surface area contributed by atoms with Crippen molar-refractivity contribution in [2.24, 2.45) is 0 Å². The predicted octanol–water partition coefficient (Wildman–Crippen LogP) is -1.85. The van der Waals surface area contributed by atoms with Gasteiger partial charge in [-0.05, 0) is 6.92 Å². The lowest BCUT2D eigenvalue weighted by Crippen LogP contribution is -2.51. The topological polar surface area (TPSA) is 110 Å². The van der Waals surface area contributed by atoms with Crippen LogP contribution >= 0.6 is 0 Å². The summed E-state index contributed by atoms with van der Waals surface area (Å²) in [5.74, 6) is -1.09. The Kier molecular flexibility index (Phi) is 5.63. The van der Waals surface area contributed by atoms with E-state index in [0.717, 1.165) is 0 Å². The molecule has 0 aliphatic carbocycles. The molecule has 14 heavy (non-hydrogen) atoms. The first-order valence-electron chi connectivity index (χ1n) is 4.30. The van der Waals surface area contributed by atoms with Crippen molar-refractivity contribution in [1.82, 2.24) is 5.32 Å². The largest absolute Gasteiger partial charge is 0.481 e. The second-order valence-corrected chi connectivity index (χ2v) is 3.51. The number of hydrogen-bond donors (Lipinski definition) is 5. The first-order valence-corrected chi connectivity index (χ1v) is 4.30. The number of carboxylic acids is 1. The third-order valence-corrected chi connectivity index (χ3v) is 1.87. The van der Waals surface area contributed by atoms with Crippen LogP contribution in [0.15, 0.2) is 0 Å². The Bertz CT molecular complexity index is 181. The van der Waals surface area contributed by atoms with E-state index in [1.54, 1.807) is 6.92 Å². The number of β-amino-alcohol motifs (C(OH)–C–C–N with tert-alkyl or cyclic N) is 1. The van der Waals surface area contributed by atoms with Gasteiger partial charge in [-0.15, -0.1) is 0 Å². The fourth-order valence-corrected chi connectivity index (χ4v) is 0.800. The average Bonchev–Trinajstić information content (AvgIpc) is 2.13. The third kappa shape index (κ3) is 5.13. The van der Waals surface area contributed by atoms with E-state index in [0.29, 0.717) is 0 Å². The zero-order valence-electron chi connectivity index (χ0n) is 8.10. The molecule has 0 aliphatic rings. The summed E-state index contributed by atoms with van der Waals surface area (Å²) in [4.78, 5) is 10.2. The number of carbonyl (C=O) groups is 1. The molecule has 0 amide bonds. The molecule has 0 heterocycles. The van der Waals surface area contributed by atoms with Gasteiger partial charge >= 0.3 is 5.97 Å². The standard InChI is InChI=1S/C8H17NO5/c1-8(4-10,5-11)9-3-6(12)2-7(13)14/h6,9-12H,2-5H2,1H3,(H,13,14). The van der Waals surface area contributed by atoms with Gasteiger partial charge < -0.3 is 25.7 Å². The van der Waals surface area contributed by atoms with Crippen LogP contribution in [0.2, 0.25) is 0 Å². The second-order valence-electron chi connectivity index (χ2n) is 3.51. The van der Waals surface area contributed by atoms with E-state index in [2.05, 4.69) is 5.32 Å². The number of carboxylic acid groups (broad SMARTS) is 1. The zero-order valence-corrected chi connectivity index (χ0v) is 8.10. The SMILES string of the molecule is CC(CO)(CO)NCC(O)CC(=O)O. The van der Waals surface area contributed by atoms with Crippen LogP contribution in [0.3, 0.4) is 0 Å². The molecule has 1 atom stereocenters. The van der Waals surface area contributed by atoms with Crippen LogP contribution in [-0.2, 0) is 4.79 Å². The lowest BCUT2D eigenvalue weighted by molar-refractivity contribution is -0.139. The molecule has 0 bridgehead atoms. The quantitative estimate of drug-likeness (QED) is 0.335. The number of aliphatic hydroxyl groups excluding tert-OH is 3. The normalized spacial score (nSPS) is 14.0. The van der Waals surface area contributed by atoms with Crippen molar-refractivity contribution in [1.29, 1.82) is 0 Å². The molecule has 0 rings (SSSR count). The predicted molar refractivity (Wildman–Crippen MR) is 48.8 cm³/mol. The van der Waals surface area contributed by atoms with E-state index < -0.39 is 17.6 Å². The summed E-state index contributed by atoms with van der Waals surface area (Å²) in [5, 5.41) is 37.9. The van der Waals surface area contributed by atoms with Crippen molar-refractivity contribution in [2.45, 2.75) is 25.0 Å². The van der Waals surface area contributed by atoms with Crippen LogP contribution < -0.4 is 5.32 Å². The van der Waals surface area contributed by atoms with Crippen molar-refractivity contribution in [3.63, 3.8) is 0 Å². The number of rotatable bonds is 7. The molecule has 0 spiro atoms. The van der Waals surface area contributed by atoms with E-state index in [1.165, 1.54) is 0 Å². The van der Waals surface area contributed by atoms with Gasteiger partial charge in [0.2, 0.25) is 0 Å². The lowest BCUT2D eigenvalue weighted by atomic mass is 10.1. The van der Waals surface area contributed by atoms with Crippen LogP contribution in [0.5, 0.6) is 0 Å². The van der Waals surface area contributed by atoms with E-state index in [-0.39, 0.29) is 26.2 Å². The van der Waals surface area contributed by atoms with Gasteiger partial charge in [0.05, 0.1) is 31.3 Å². The molecule has 0 aromatic carbocycles. The lowest BCUT2D eigenvalue weighted by Gasteiger charge is -2.27. The Balaban J connectivity index is 3.85. The summed E-state index contributed by atoms with van der Waals surface area (Å²) in [6, 6.07) is 0. The molecule has 6 heteroatoms. The van der Waals surface area contributed by atoms with Crippen LogP contribution in [0, 0.1) is 0 Å². The highest BCUT2D eigenvalue weighted by atomic mass is 16.4. The molecule has 0 saturated heterocycles. The molecular weight excluding hydrogens is 190 g/mol. The number of aliphatic hydroxyl groups is 3. The van der Waals surface area contributed by atoms with Gasteiger partial charge in [-0.3, -0.25) is 4.79 Å². The maximum absolute atomic E-state index is 10.2. The van der Waals surface area contributed by atoms with Crippen molar-refractivity contribution in [3.05, 3.63) is 0 Å². The summed E-state index contributed by atoms with van der Waals surface area (Å²) in [6.07, 6.45) is -1.38. The van der Waals surface area contributed by atoms with E-state index >= 15 is 0 Å². The monoisotopic (exact) mass is 207 g/mol. The minimum Gasteiger partial charge on any atom is -0.481 e. The highest BCUT2D eigenvalue weighted by Crippen LogP contribution is 2.01. The van der Waals surface area contributed by atoms with Crippen molar-refractivity contribution < 1.29 is 25.2 Å². The number of nitrogens with one attached hydrogen (secondary N) is 1. The minimum absolute atomic E-state index is 0.0178. The highest BCUT2D eigenvalue weighted by molar-refractivity contribution is 5.67. The van der Waals surface area contributed by atoms with Gasteiger partial charge in [0.25, 0.3) is 0 Å². The summed E-state index contributed by atoms with van der Waals surface area (Å²) in [5.41, 5.74) is -0.889. The fourth-order valence-electron chi connectivity index (χ4n) is 0.800. The molecule has 0 aliphatic heterocycles. The number of hydrogen-bond acceptors (Lipinski definition) is 5. The smallest absolute Gasteiger partial charge is 0.306 e. The van der Waals surface area contributed by atoms with Gasteiger partial charge in [0.1, 0.15) is 0 Å². The Morgan fingerprint density at radius 2 is 1.93 bits per heavy atom. The fraction of sp³-hybridized carbons (Fsp3) is 0.875. The second kappa shape index (κ2) is 5.92. The molecule has 84 valence electrons. The van der Waals surface area contributed by atoms with Gasteiger partial charge in [-0.1, -0.05) is 0 Å². The maximum atomic E-state index is 10.2. The Morgan fingerprint density at radius 1 is 1.43 bits per heavy atom. The molecule has 5 N–H and O–H groups in total. The molecular formula is C8H17NO5. The van der Waals surface area contributed by atoms with Crippen LogP contribution in [0.1, 0.15) is 13.3 Å². The average molecular weight is 207 g/mol. The molecule has 0 saturated carbocycles. The van der Waals surface area contributed by atoms with E-state index in [4.69, 9.17) is 20.4 Å². The van der Waals surface area contributed by atoms with Crippen molar-refractivity contribution >= 4 is 5.97 Å². The Labute approximate surface area is 82.2 Å². The summed E-state index contributed by atoms with van der Waals surface area (Å²) in [6.45, 7) is 1.01. The van der Waals surface area contributed by atoms with Gasteiger partial charge in [-0.25, -0.2) is 0 Å². The Morgan fingerprint density at radius 3 is 2.29 bits per heavy atom. The van der Waals surface area contributed by atoms with Crippen LogP contribution in [0.4, 0.5) is 0 Å². The van der Waals surface area contributed by atoms with Gasteiger partial charge in [-0.2, -0.15) is 0 Å². The van der Waals surface area contributed by atoms with Crippen LogP contribution in [0.25, 0.3) is 0 Å². The first-order chi connectivity index (χ1) is 6.43. The minimum atomic E-state index is -1.09. The molecule has 0 aromatic heterocycles. The van der Waals surface area contributed by atoms with Crippen LogP contribution in [-0.4, -0.2) is 57.8 Å².